The molecule has 0 aromatic heterocycles. The van der Waals surface area contributed by atoms with Gasteiger partial charge in [-0.05, 0) is 43.5 Å². The highest BCUT2D eigenvalue weighted by molar-refractivity contribution is 7.89. The molecule has 1 aliphatic rings. The molecule has 0 amide bonds. The van der Waals surface area contributed by atoms with Crippen molar-refractivity contribution in [3.8, 4) is 0 Å². The molecule has 8 heteroatoms. The van der Waals surface area contributed by atoms with Crippen molar-refractivity contribution in [1.29, 1.82) is 0 Å². The molecule has 0 saturated carbocycles. The highest BCUT2D eigenvalue weighted by Gasteiger charge is 2.16. The number of benzene rings is 1. The highest BCUT2D eigenvalue weighted by atomic mass is 32.2. The second kappa shape index (κ2) is 8.39. The fraction of sp³-hybridized carbons (Fsp3) is 0.533. The number of aromatic carboxylic acids is 1. The Balaban J connectivity index is 1.70. The number of hydrogen-bond acceptors (Lipinski definition) is 5. The number of ether oxygens (including phenoxy) is 2. The Kier molecular flexibility index (Phi) is 6.52. The van der Waals surface area contributed by atoms with Crippen LogP contribution < -0.4 is 4.72 Å². The molecule has 0 radical (unpaired) electrons. The largest absolute Gasteiger partial charge is 0.478 e. The van der Waals surface area contributed by atoms with Gasteiger partial charge in [0, 0.05) is 19.8 Å². The minimum atomic E-state index is -3.63. The van der Waals surface area contributed by atoms with E-state index in [-0.39, 0.29) is 23.1 Å². The highest BCUT2D eigenvalue weighted by Crippen LogP contribution is 2.12. The van der Waals surface area contributed by atoms with Gasteiger partial charge in [-0.25, -0.2) is 17.9 Å². The Hall–Kier alpha value is -1.48. The minimum Gasteiger partial charge on any atom is -0.478 e. The van der Waals surface area contributed by atoms with Crippen molar-refractivity contribution in [2.75, 3.05) is 26.4 Å². The molecule has 0 spiro atoms. The van der Waals surface area contributed by atoms with Crippen LogP contribution in [0.25, 0.3) is 0 Å². The van der Waals surface area contributed by atoms with Crippen LogP contribution in [0.3, 0.4) is 0 Å². The predicted octanol–water partition coefficient (Wildman–Crippen LogP) is 1.25. The molecule has 1 atom stereocenters. The molecular formula is C15H21NO6S. The Morgan fingerprint density at radius 1 is 1.35 bits per heavy atom. The van der Waals surface area contributed by atoms with E-state index in [4.69, 9.17) is 14.6 Å². The molecule has 1 aromatic carbocycles. The first-order valence-corrected chi connectivity index (χ1v) is 9.00. The van der Waals surface area contributed by atoms with E-state index in [1.807, 2.05) is 0 Å². The van der Waals surface area contributed by atoms with Crippen LogP contribution >= 0.6 is 0 Å². The third-order valence-corrected chi connectivity index (χ3v) is 4.97. The summed E-state index contributed by atoms with van der Waals surface area (Å²) in [4.78, 5) is 10.8. The van der Waals surface area contributed by atoms with Crippen molar-refractivity contribution in [3.63, 3.8) is 0 Å². The molecule has 2 rings (SSSR count). The Morgan fingerprint density at radius 2 is 2.09 bits per heavy atom. The summed E-state index contributed by atoms with van der Waals surface area (Å²) in [5.41, 5.74) is 0.0477. The van der Waals surface area contributed by atoms with Crippen molar-refractivity contribution in [1.82, 2.24) is 4.72 Å². The number of rotatable bonds is 9. The Bertz CT molecular complexity index is 607. The predicted molar refractivity (Wildman–Crippen MR) is 83.0 cm³/mol. The fourth-order valence-corrected chi connectivity index (χ4v) is 3.31. The van der Waals surface area contributed by atoms with Gasteiger partial charge in [-0.2, -0.15) is 0 Å². The van der Waals surface area contributed by atoms with Gasteiger partial charge in [0.1, 0.15) is 0 Å². The molecule has 0 bridgehead atoms. The maximum atomic E-state index is 12.0. The lowest BCUT2D eigenvalue weighted by molar-refractivity contribution is 0.0169. The maximum absolute atomic E-state index is 12.0. The third kappa shape index (κ3) is 5.58. The molecule has 128 valence electrons. The quantitative estimate of drug-likeness (QED) is 0.654. The van der Waals surface area contributed by atoms with Crippen molar-refractivity contribution >= 4 is 16.0 Å². The van der Waals surface area contributed by atoms with Crippen molar-refractivity contribution in [2.24, 2.45) is 0 Å². The summed E-state index contributed by atoms with van der Waals surface area (Å²) in [6, 6.07) is 5.09. The van der Waals surface area contributed by atoms with Gasteiger partial charge in [-0.1, -0.05) is 0 Å². The minimum absolute atomic E-state index is 0.0442. The number of nitrogens with one attached hydrogen (secondary N) is 1. The molecule has 1 heterocycles. The molecule has 1 saturated heterocycles. The third-order valence-electron chi connectivity index (χ3n) is 3.50. The van der Waals surface area contributed by atoms with Crippen molar-refractivity contribution in [2.45, 2.75) is 30.3 Å². The van der Waals surface area contributed by atoms with Gasteiger partial charge in [0.2, 0.25) is 10.0 Å². The van der Waals surface area contributed by atoms with Crippen LogP contribution in [0.4, 0.5) is 0 Å². The van der Waals surface area contributed by atoms with Crippen LogP contribution in [0.2, 0.25) is 0 Å². The summed E-state index contributed by atoms with van der Waals surface area (Å²) in [6.45, 7) is 2.05. The zero-order valence-corrected chi connectivity index (χ0v) is 13.5. The van der Waals surface area contributed by atoms with E-state index in [0.717, 1.165) is 19.4 Å². The van der Waals surface area contributed by atoms with Gasteiger partial charge in [0.05, 0.1) is 23.2 Å². The molecule has 1 unspecified atom stereocenters. The van der Waals surface area contributed by atoms with Crippen LogP contribution in [0, 0.1) is 0 Å². The van der Waals surface area contributed by atoms with E-state index in [2.05, 4.69) is 4.72 Å². The Labute approximate surface area is 135 Å². The van der Waals surface area contributed by atoms with Crippen LogP contribution in [-0.2, 0) is 19.5 Å². The van der Waals surface area contributed by atoms with Gasteiger partial charge >= 0.3 is 5.97 Å². The molecule has 2 N–H and O–H groups in total. The van der Waals surface area contributed by atoms with Crippen molar-refractivity contribution in [3.05, 3.63) is 29.8 Å². The zero-order chi connectivity index (χ0) is 16.7. The summed E-state index contributed by atoms with van der Waals surface area (Å²) >= 11 is 0. The van der Waals surface area contributed by atoms with E-state index in [1.165, 1.54) is 24.3 Å². The Morgan fingerprint density at radius 3 is 2.70 bits per heavy atom. The van der Waals surface area contributed by atoms with E-state index in [0.29, 0.717) is 19.6 Å². The smallest absolute Gasteiger partial charge is 0.335 e. The van der Waals surface area contributed by atoms with Crippen LogP contribution in [0.1, 0.15) is 29.6 Å². The standard InChI is InChI=1S/C15H21NO6S/c17-15(18)12-4-6-14(7-5-12)23(19,20)16-8-2-9-21-11-13-3-1-10-22-13/h4-7,13,16H,1-3,8-11H2,(H,17,18). The average Bonchev–Trinajstić information content (AvgIpc) is 3.04. The molecule has 23 heavy (non-hydrogen) atoms. The van der Waals surface area contributed by atoms with Gasteiger partial charge in [0.25, 0.3) is 0 Å². The molecule has 1 aromatic rings. The molecule has 1 aliphatic heterocycles. The van der Waals surface area contributed by atoms with E-state index < -0.39 is 16.0 Å². The normalized spacial score (nSPS) is 18.2. The maximum Gasteiger partial charge on any atom is 0.335 e. The number of carboxylic acid groups (broad SMARTS) is 1. The zero-order valence-electron chi connectivity index (χ0n) is 12.7. The monoisotopic (exact) mass is 343 g/mol. The first-order chi connectivity index (χ1) is 11.0. The lowest BCUT2D eigenvalue weighted by Crippen LogP contribution is -2.26. The molecular weight excluding hydrogens is 322 g/mol. The van der Waals surface area contributed by atoms with E-state index in [1.54, 1.807) is 0 Å². The first kappa shape index (κ1) is 17.9. The van der Waals surface area contributed by atoms with Gasteiger partial charge < -0.3 is 14.6 Å². The SMILES string of the molecule is O=C(O)c1ccc(S(=O)(=O)NCCCOCC2CCCO2)cc1. The summed E-state index contributed by atoms with van der Waals surface area (Å²) in [5, 5.41) is 8.79. The summed E-state index contributed by atoms with van der Waals surface area (Å²) in [5.74, 6) is -1.09. The van der Waals surface area contributed by atoms with Crippen molar-refractivity contribution < 1.29 is 27.8 Å². The lowest BCUT2D eigenvalue weighted by atomic mass is 10.2. The fourth-order valence-electron chi connectivity index (χ4n) is 2.23. The van der Waals surface area contributed by atoms with Gasteiger partial charge in [0.15, 0.2) is 0 Å². The second-order valence-corrected chi connectivity index (χ2v) is 7.06. The van der Waals surface area contributed by atoms with Gasteiger partial charge in [-0.3, -0.25) is 0 Å². The topological polar surface area (TPSA) is 102 Å². The number of hydrogen-bond donors (Lipinski definition) is 2. The summed E-state index contributed by atoms with van der Waals surface area (Å²) in [7, 11) is -3.63. The molecule has 1 fully saturated rings. The van der Waals surface area contributed by atoms with E-state index in [9.17, 15) is 13.2 Å². The van der Waals surface area contributed by atoms with Crippen LogP contribution in [0.5, 0.6) is 0 Å². The van der Waals surface area contributed by atoms with E-state index >= 15 is 0 Å². The number of carbonyl (C=O) groups is 1. The lowest BCUT2D eigenvalue weighted by Gasteiger charge is -2.10. The summed E-state index contributed by atoms with van der Waals surface area (Å²) < 4.78 is 37.4. The summed E-state index contributed by atoms with van der Waals surface area (Å²) in [6.07, 6.45) is 2.80. The van der Waals surface area contributed by atoms with Gasteiger partial charge in [-0.15, -0.1) is 0 Å². The second-order valence-electron chi connectivity index (χ2n) is 5.29. The molecule has 7 nitrogen and oxygen atoms in total. The average molecular weight is 343 g/mol. The molecule has 0 aliphatic carbocycles. The van der Waals surface area contributed by atoms with Crippen LogP contribution in [-0.4, -0.2) is 52.0 Å². The van der Waals surface area contributed by atoms with Crippen LogP contribution in [0.15, 0.2) is 29.2 Å². The first-order valence-electron chi connectivity index (χ1n) is 7.51. The number of sulfonamides is 1. The number of carboxylic acids is 1.